The highest BCUT2D eigenvalue weighted by Crippen LogP contribution is 2.75. The highest BCUT2D eigenvalue weighted by atomic mass is 16.4. The van der Waals surface area contributed by atoms with Crippen molar-refractivity contribution in [1.82, 2.24) is 0 Å². The summed E-state index contributed by atoms with van der Waals surface area (Å²) in [5, 5.41) is 33.0. The van der Waals surface area contributed by atoms with Crippen LogP contribution in [0.25, 0.3) is 0 Å². The highest BCUT2D eigenvalue weighted by molar-refractivity contribution is 5.77. The molecular formula is C30H46O5. The van der Waals surface area contributed by atoms with Crippen LogP contribution in [0.3, 0.4) is 0 Å². The Morgan fingerprint density at radius 2 is 1.60 bits per heavy atom. The van der Waals surface area contributed by atoms with Crippen molar-refractivity contribution in [1.29, 1.82) is 0 Å². The maximum absolute atomic E-state index is 12.8. The van der Waals surface area contributed by atoms with Crippen molar-refractivity contribution in [3.8, 4) is 0 Å². The summed E-state index contributed by atoms with van der Waals surface area (Å²) < 4.78 is 0. The van der Waals surface area contributed by atoms with Crippen LogP contribution in [0.2, 0.25) is 0 Å². The van der Waals surface area contributed by atoms with E-state index in [2.05, 4.69) is 40.7 Å². The molecule has 0 aromatic heterocycles. The van der Waals surface area contributed by atoms with Crippen molar-refractivity contribution < 1.29 is 24.9 Å². The van der Waals surface area contributed by atoms with E-state index in [1.54, 1.807) is 0 Å². The summed E-state index contributed by atoms with van der Waals surface area (Å²) in [5.74, 6) is -0.517. The second kappa shape index (κ2) is 7.43. The molecule has 5 aliphatic carbocycles. The minimum atomic E-state index is -1.09. The normalized spacial score (nSPS) is 54.9. The summed E-state index contributed by atoms with van der Waals surface area (Å²) >= 11 is 0. The average molecular weight is 487 g/mol. The van der Waals surface area contributed by atoms with Crippen molar-refractivity contribution in [2.45, 2.75) is 112 Å². The fraction of sp³-hybridized carbons (Fsp3) is 0.867. The molecule has 5 rings (SSSR count). The number of allylic oxidation sites excluding steroid dienone is 2. The number of hydrogen-bond acceptors (Lipinski definition) is 4. The van der Waals surface area contributed by atoms with Crippen LogP contribution in [-0.2, 0) is 9.59 Å². The van der Waals surface area contributed by atoms with Gasteiger partial charge in [0.15, 0.2) is 0 Å². The third-order valence-corrected chi connectivity index (χ3v) is 13.0. The molecular weight excluding hydrogens is 440 g/mol. The summed E-state index contributed by atoms with van der Waals surface area (Å²) in [7, 11) is 0. The van der Waals surface area contributed by atoms with Crippen LogP contribution in [0.5, 0.6) is 0 Å². The Kier molecular flexibility index (Phi) is 5.40. The van der Waals surface area contributed by atoms with E-state index in [1.807, 2.05) is 6.92 Å². The lowest BCUT2D eigenvalue weighted by Gasteiger charge is -2.71. The molecule has 35 heavy (non-hydrogen) atoms. The Balaban J connectivity index is 1.63. The standard InChI is InChI=1S/C30H46O5/c1-25(2)13-14-30(24(34)35)19(15-25)18-7-8-21-26(3)11-10-22(32)27(4,17-31)20(26)9-12-28(21,5)29(18,6)16-23(30)33/h7,17,19-23,32-33H,8-16H2,1-6H3,(H,34,35)/t19-,20+,21+,22-,23?,26-,27?,28+,29+,30+/m0/s1. The van der Waals surface area contributed by atoms with E-state index >= 15 is 0 Å². The number of aliphatic carboxylic acids is 1. The molecule has 0 aromatic rings. The molecule has 0 spiro atoms. The lowest BCUT2D eigenvalue weighted by atomic mass is 9.33. The van der Waals surface area contributed by atoms with Crippen LogP contribution in [0, 0.1) is 50.2 Å². The second-order valence-electron chi connectivity index (χ2n) is 14.8. The maximum atomic E-state index is 12.8. The number of aliphatic hydroxyl groups excluding tert-OH is 2. The van der Waals surface area contributed by atoms with Crippen molar-refractivity contribution in [2.24, 2.45) is 50.2 Å². The van der Waals surface area contributed by atoms with Crippen LogP contribution < -0.4 is 0 Å². The quantitative estimate of drug-likeness (QED) is 0.360. The fourth-order valence-electron chi connectivity index (χ4n) is 10.6. The minimum absolute atomic E-state index is 0.0507. The van der Waals surface area contributed by atoms with E-state index in [-0.39, 0.29) is 33.5 Å². The number of carboxylic acids is 1. The van der Waals surface area contributed by atoms with E-state index in [9.17, 15) is 24.9 Å². The zero-order valence-corrected chi connectivity index (χ0v) is 22.6. The number of aldehydes is 1. The first-order valence-corrected chi connectivity index (χ1v) is 13.9. The zero-order chi connectivity index (χ0) is 25.8. The largest absolute Gasteiger partial charge is 0.481 e. The average Bonchev–Trinajstić information content (AvgIpc) is 2.76. The van der Waals surface area contributed by atoms with Gasteiger partial charge in [-0.15, -0.1) is 0 Å². The SMILES string of the molecule is CC1(C)CC[C@]2(C(=O)O)C(O)C[C@]3(C)C(=CC[C@@H]4[C@@]5(C)CC[C@H](O)C(C)(C=O)[C@@H]5CC[C@]43C)[C@@H]2C1. The summed E-state index contributed by atoms with van der Waals surface area (Å²) in [4.78, 5) is 25.1. The first kappa shape index (κ1) is 25.4. The van der Waals surface area contributed by atoms with Gasteiger partial charge in [0.25, 0.3) is 0 Å². The Bertz CT molecular complexity index is 970. The third kappa shape index (κ3) is 2.94. The molecule has 0 amide bonds. The third-order valence-electron chi connectivity index (χ3n) is 13.0. The molecule has 4 saturated carbocycles. The monoisotopic (exact) mass is 486 g/mol. The van der Waals surface area contributed by atoms with Crippen LogP contribution in [0.4, 0.5) is 0 Å². The predicted octanol–water partition coefficient (Wildman–Crippen LogP) is 5.38. The van der Waals surface area contributed by atoms with Crippen molar-refractivity contribution in [3.63, 3.8) is 0 Å². The summed E-state index contributed by atoms with van der Waals surface area (Å²) in [5.41, 5.74) is -0.934. The summed E-state index contributed by atoms with van der Waals surface area (Å²) in [6, 6.07) is 0. The van der Waals surface area contributed by atoms with Gasteiger partial charge in [-0.3, -0.25) is 4.79 Å². The molecule has 3 N–H and O–H groups in total. The van der Waals surface area contributed by atoms with E-state index < -0.39 is 29.0 Å². The molecule has 0 bridgehead atoms. The van der Waals surface area contributed by atoms with Crippen LogP contribution in [-0.4, -0.2) is 39.8 Å². The van der Waals surface area contributed by atoms with Gasteiger partial charge in [0, 0.05) is 0 Å². The Morgan fingerprint density at radius 1 is 0.914 bits per heavy atom. The molecule has 4 fully saturated rings. The smallest absolute Gasteiger partial charge is 0.312 e. The molecule has 196 valence electrons. The van der Waals surface area contributed by atoms with Gasteiger partial charge >= 0.3 is 5.97 Å². The lowest BCUT2D eigenvalue weighted by molar-refractivity contribution is -0.217. The summed E-state index contributed by atoms with van der Waals surface area (Å²) in [6.07, 6.45) is 8.83. The van der Waals surface area contributed by atoms with Crippen molar-refractivity contribution in [2.75, 3.05) is 0 Å². The van der Waals surface area contributed by atoms with Gasteiger partial charge in [-0.2, -0.15) is 0 Å². The molecule has 5 nitrogen and oxygen atoms in total. The Morgan fingerprint density at radius 3 is 2.23 bits per heavy atom. The number of carbonyl (C=O) groups is 2. The number of carbonyl (C=O) groups excluding carboxylic acids is 1. The molecule has 0 heterocycles. The van der Waals surface area contributed by atoms with Crippen LogP contribution >= 0.6 is 0 Å². The fourth-order valence-corrected chi connectivity index (χ4v) is 10.6. The van der Waals surface area contributed by atoms with Crippen LogP contribution in [0.1, 0.15) is 99.3 Å². The molecule has 0 radical (unpaired) electrons. The number of rotatable bonds is 2. The van der Waals surface area contributed by atoms with Crippen molar-refractivity contribution >= 4 is 12.3 Å². The number of carboxylic acid groups (broad SMARTS) is 1. The second-order valence-corrected chi connectivity index (χ2v) is 14.8. The lowest BCUT2D eigenvalue weighted by Crippen LogP contribution is -2.67. The molecule has 5 aliphatic rings. The molecule has 2 unspecified atom stereocenters. The number of hydrogen-bond donors (Lipinski definition) is 3. The van der Waals surface area contributed by atoms with Gasteiger partial charge < -0.3 is 20.1 Å². The number of aliphatic hydroxyl groups is 2. The Hall–Kier alpha value is -1.20. The van der Waals surface area contributed by atoms with E-state index in [4.69, 9.17) is 0 Å². The first-order chi connectivity index (χ1) is 16.1. The van der Waals surface area contributed by atoms with Gasteiger partial charge in [0.1, 0.15) is 11.7 Å². The van der Waals surface area contributed by atoms with Gasteiger partial charge in [-0.1, -0.05) is 53.2 Å². The topological polar surface area (TPSA) is 94.8 Å². The molecule has 0 saturated heterocycles. The van der Waals surface area contributed by atoms with Gasteiger partial charge in [-0.25, -0.2) is 0 Å². The first-order valence-electron chi connectivity index (χ1n) is 13.9. The molecule has 0 aromatic carbocycles. The van der Waals surface area contributed by atoms with Crippen molar-refractivity contribution in [3.05, 3.63) is 11.6 Å². The van der Waals surface area contributed by atoms with Gasteiger partial charge in [0.2, 0.25) is 0 Å². The van der Waals surface area contributed by atoms with Gasteiger partial charge in [-0.05, 0) is 97.2 Å². The van der Waals surface area contributed by atoms with Gasteiger partial charge in [0.05, 0.1) is 17.6 Å². The van der Waals surface area contributed by atoms with Crippen LogP contribution in [0.15, 0.2) is 11.6 Å². The Labute approximate surface area is 210 Å². The molecule has 5 heteroatoms. The molecule has 10 atom stereocenters. The minimum Gasteiger partial charge on any atom is -0.481 e. The van der Waals surface area contributed by atoms with E-state index in [0.29, 0.717) is 25.2 Å². The van der Waals surface area contributed by atoms with E-state index in [0.717, 1.165) is 44.8 Å². The molecule has 0 aliphatic heterocycles. The highest BCUT2D eigenvalue weighted by Gasteiger charge is 2.71. The maximum Gasteiger partial charge on any atom is 0.312 e. The number of fused-ring (bicyclic) bond motifs is 7. The zero-order valence-electron chi connectivity index (χ0n) is 22.6. The summed E-state index contributed by atoms with van der Waals surface area (Å²) in [6.45, 7) is 13.5. The van der Waals surface area contributed by atoms with E-state index in [1.165, 1.54) is 5.57 Å². The predicted molar refractivity (Wildman–Crippen MR) is 134 cm³/mol.